The molecule has 0 atom stereocenters. The third-order valence-corrected chi connectivity index (χ3v) is 3.19. The Morgan fingerprint density at radius 1 is 1.50 bits per heavy atom. The van der Waals surface area contributed by atoms with Crippen LogP contribution in [0.5, 0.6) is 0 Å². The number of likely N-dealkylation sites (N-methyl/N-ethyl adjacent to an activating group) is 1. The summed E-state index contributed by atoms with van der Waals surface area (Å²) in [6.45, 7) is 3.59. The highest BCUT2D eigenvalue weighted by Gasteiger charge is 2.17. The highest BCUT2D eigenvalue weighted by Crippen LogP contribution is 2.10. The lowest BCUT2D eigenvalue weighted by atomic mass is 10.4. The van der Waals surface area contributed by atoms with Crippen molar-refractivity contribution < 1.29 is 4.79 Å². The van der Waals surface area contributed by atoms with Gasteiger partial charge in [-0.1, -0.05) is 0 Å². The molecule has 0 saturated carbocycles. The quantitative estimate of drug-likeness (QED) is 0.738. The van der Waals surface area contributed by atoms with Crippen LogP contribution in [0.1, 0.15) is 10.5 Å². The lowest BCUT2D eigenvalue weighted by molar-refractivity contribution is 0.0658. The minimum Gasteiger partial charge on any atom is -0.375 e. The number of amides is 1. The molecule has 7 heteroatoms. The first kappa shape index (κ1) is 11.3. The second-order valence-corrected chi connectivity index (χ2v) is 4.69. The van der Waals surface area contributed by atoms with Gasteiger partial charge in [-0.15, -0.1) is 11.3 Å². The topological polar surface area (TPSA) is 74.5 Å². The number of thiazole rings is 1. The minimum absolute atomic E-state index is 0.183. The molecule has 3 N–H and O–H groups in total. The second-order valence-electron chi connectivity index (χ2n) is 3.80. The number of nitrogens with two attached hydrogens (primary N) is 1. The zero-order valence-electron chi connectivity index (χ0n) is 9.14. The summed E-state index contributed by atoms with van der Waals surface area (Å²) in [5.41, 5.74) is 8.69. The van der Waals surface area contributed by atoms with Crippen molar-refractivity contribution in [1.82, 2.24) is 20.3 Å². The van der Waals surface area contributed by atoms with Crippen LogP contribution in [-0.4, -0.2) is 54.0 Å². The van der Waals surface area contributed by atoms with Crippen LogP contribution in [0.3, 0.4) is 0 Å². The van der Waals surface area contributed by atoms with Gasteiger partial charge in [-0.25, -0.2) is 9.99 Å². The Bertz CT molecular complexity index is 372. The SMILES string of the molecule is CN1CCN(NC(=O)c2csc(N)n2)CC1. The maximum Gasteiger partial charge on any atom is 0.285 e. The molecule has 6 nitrogen and oxygen atoms in total. The van der Waals surface area contributed by atoms with Gasteiger partial charge in [0.25, 0.3) is 5.91 Å². The first-order valence-electron chi connectivity index (χ1n) is 5.10. The number of hydrogen-bond donors (Lipinski definition) is 2. The van der Waals surface area contributed by atoms with E-state index in [4.69, 9.17) is 5.73 Å². The molecule has 88 valence electrons. The molecule has 2 rings (SSSR count). The van der Waals surface area contributed by atoms with Crippen molar-refractivity contribution >= 4 is 22.4 Å². The van der Waals surface area contributed by atoms with E-state index < -0.39 is 0 Å². The lowest BCUT2D eigenvalue weighted by Gasteiger charge is -2.32. The molecular weight excluding hydrogens is 226 g/mol. The van der Waals surface area contributed by atoms with Gasteiger partial charge >= 0.3 is 0 Å². The largest absolute Gasteiger partial charge is 0.375 e. The van der Waals surface area contributed by atoms with E-state index in [1.165, 1.54) is 11.3 Å². The van der Waals surface area contributed by atoms with Gasteiger partial charge in [0.15, 0.2) is 5.13 Å². The minimum atomic E-state index is -0.183. The van der Waals surface area contributed by atoms with Crippen LogP contribution < -0.4 is 11.2 Å². The van der Waals surface area contributed by atoms with E-state index in [9.17, 15) is 4.79 Å². The van der Waals surface area contributed by atoms with Crippen LogP contribution in [0.25, 0.3) is 0 Å². The van der Waals surface area contributed by atoms with Crippen molar-refractivity contribution in [1.29, 1.82) is 0 Å². The zero-order chi connectivity index (χ0) is 11.5. The van der Waals surface area contributed by atoms with E-state index >= 15 is 0 Å². The molecule has 0 unspecified atom stereocenters. The average molecular weight is 241 g/mol. The van der Waals surface area contributed by atoms with E-state index in [2.05, 4.69) is 22.4 Å². The zero-order valence-corrected chi connectivity index (χ0v) is 9.96. The number of hydrazine groups is 1. The van der Waals surface area contributed by atoms with Crippen LogP contribution in [0, 0.1) is 0 Å². The Balaban J connectivity index is 1.88. The van der Waals surface area contributed by atoms with Crippen LogP contribution in [0.2, 0.25) is 0 Å². The van der Waals surface area contributed by atoms with E-state index in [-0.39, 0.29) is 5.91 Å². The maximum absolute atomic E-state index is 11.7. The van der Waals surface area contributed by atoms with Crippen LogP contribution >= 0.6 is 11.3 Å². The molecule has 2 heterocycles. The number of carbonyl (C=O) groups excluding carboxylic acids is 1. The molecule has 1 aliphatic rings. The fourth-order valence-corrected chi connectivity index (χ4v) is 2.05. The normalized spacial score (nSPS) is 18.6. The summed E-state index contributed by atoms with van der Waals surface area (Å²) >= 11 is 1.27. The number of nitrogens with zero attached hydrogens (tertiary/aromatic N) is 3. The number of carbonyl (C=O) groups is 1. The van der Waals surface area contributed by atoms with Crippen LogP contribution in [0.15, 0.2) is 5.38 Å². The van der Waals surface area contributed by atoms with Crippen molar-refractivity contribution in [2.45, 2.75) is 0 Å². The van der Waals surface area contributed by atoms with Crippen molar-refractivity contribution in [3.05, 3.63) is 11.1 Å². The van der Waals surface area contributed by atoms with Gasteiger partial charge in [-0.2, -0.15) is 0 Å². The molecule has 0 aromatic carbocycles. The van der Waals surface area contributed by atoms with E-state index in [1.54, 1.807) is 5.38 Å². The number of rotatable bonds is 2. The van der Waals surface area contributed by atoms with Crippen LogP contribution in [-0.2, 0) is 0 Å². The average Bonchev–Trinajstić information content (AvgIpc) is 2.68. The second kappa shape index (κ2) is 4.77. The first-order chi connectivity index (χ1) is 7.65. The Morgan fingerprint density at radius 2 is 2.19 bits per heavy atom. The Hall–Kier alpha value is -1.18. The first-order valence-corrected chi connectivity index (χ1v) is 5.98. The van der Waals surface area contributed by atoms with Gasteiger partial charge in [0.05, 0.1) is 0 Å². The number of nitrogens with one attached hydrogen (secondary N) is 1. The molecule has 0 spiro atoms. The van der Waals surface area contributed by atoms with Gasteiger partial charge in [-0.05, 0) is 7.05 Å². The highest BCUT2D eigenvalue weighted by molar-refractivity contribution is 7.13. The molecule has 1 aromatic heterocycles. The molecule has 1 saturated heterocycles. The molecule has 1 aliphatic heterocycles. The third kappa shape index (κ3) is 2.69. The van der Waals surface area contributed by atoms with E-state index in [0.29, 0.717) is 10.8 Å². The molecule has 16 heavy (non-hydrogen) atoms. The maximum atomic E-state index is 11.7. The van der Waals surface area contributed by atoms with Crippen molar-refractivity contribution in [3.8, 4) is 0 Å². The number of hydrogen-bond acceptors (Lipinski definition) is 6. The Morgan fingerprint density at radius 3 is 2.75 bits per heavy atom. The molecular formula is C9H15N5OS. The summed E-state index contributed by atoms with van der Waals surface area (Å²) in [7, 11) is 2.07. The molecule has 0 aliphatic carbocycles. The van der Waals surface area contributed by atoms with Gasteiger partial charge in [0.2, 0.25) is 0 Å². The summed E-state index contributed by atoms with van der Waals surface area (Å²) in [5.74, 6) is -0.183. The van der Waals surface area contributed by atoms with Gasteiger partial charge < -0.3 is 10.6 Å². The molecule has 0 bridgehead atoms. The fourth-order valence-electron chi connectivity index (χ4n) is 1.51. The van der Waals surface area contributed by atoms with Gasteiger partial charge in [-0.3, -0.25) is 10.2 Å². The third-order valence-electron chi connectivity index (χ3n) is 2.52. The summed E-state index contributed by atoms with van der Waals surface area (Å²) < 4.78 is 0. The number of anilines is 1. The van der Waals surface area contributed by atoms with E-state index in [1.807, 2.05) is 5.01 Å². The van der Waals surface area contributed by atoms with Crippen molar-refractivity contribution in [3.63, 3.8) is 0 Å². The smallest absolute Gasteiger partial charge is 0.285 e. The number of piperazine rings is 1. The Kier molecular flexibility index (Phi) is 3.37. The monoisotopic (exact) mass is 241 g/mol. The lowest BCUT2D eigenvalue weighted by Crippen LogP contribution is -2.52. The van der Waals surface area contributed by atoms with Gasteiger partial charge in [0.1, 0.15) is 5.69 Å². The fraction of sp³-hybridized carbons (Fsp3) is 0.556. The van der Waals surface area contributed by atoms with Crippen molar-refractivity contribution in [2.24, 2.45) is 0 Å². The Labute approximate surface area is 98.0 Å². The molecule has 1 amide bonds. The molecule has 1 aromatic rings. The predicted molar refractivity (Wildman–Crippen MR) is 63.1 cm³/mol. The molecule has 0 radical (unpaired) electrons. The number of aromatic nitrogens is 1. The standard InChI is InChI=1S/C9H15N5OS/c1-13-2-4-14(5-3-13)12-8(15)7-6-16-9(10)11-7/h6H,2-5H2,1H3,(H2,10,11)(H,12,15). The highest BCUT2D eigenvalue weighted by atomic mass is 32.1. The molecule has 1 fully saturated rings. The summed E-state index contributed by atoms with van der Waals surface area (Å²) in [6.07, 6.45) is 0. The summed E-state index contributed by atoms with van der Waals surface area (Å²) in [5, 5.41) is 4.00. The summed E-state index contributed by atoms with van der Waals surface area (Å²) in [6, 6.07) is 0. The van der Waals surface area contributed by atoms with Gasteiger partial charge in [0, 0.05) is 31.6 Å². The van der Waals surface area contributed by atoms with Crippen LogP contribution in [0.4, 0.5) is 5.13 Å². The van der Waals surface area contributed by atoms with Crippen molar-refractivity contribution in [2.75, 3.05) is 39.0 Å². The number of nitrogen functional groups attached to an aromatic ring is 1. The summed E-state index contributed by atoms with van der Waals surface area (Å²) in [4.78, 5) is 17.9. The van der Waals surface area contributed by atoms with E-state index in [0.717, 1.165) is 26.2 Å². The predicted octanol–water partition coefficient (Wildman–Crippen LogP) is -0.382.